The smallest absolute Gasteiger partial charge is 0.326 e. The van der Waals surface area contributed by atoms with Crippen LogP contribution in [-0.4, -0.2) is 19.9 Å². The molecule has 0 unspecified atom stereocenters. The van der Waals surface area contributed by atoms with E-state index in [1.165, 1.54) is 0 Å². The first-order valence-electron chi connectivity index (χ1n) is 7.26. The van der Waals surface area contributed by atoms with E-state index in [0.717, 1.165) is 27.7 Å². The predicted octanol–water partition coefficient (Wildman–Crippen LogP) is 2.38. The van der Waals surface area contributed by atoms with Gasteiger partial charge in [-0.15, -0.1) is 0 Å². The van der Waals surface area contributed by atoms with Crippen molar-refractivity contribution in [2.24, 2.45) is 0 Å². The van der Waals surface area contributed by atoms with Gasteiger partial charge in [-0.1, -0.05) is 18.2 Å². The molecular weight excluding hydrogens is 292 g/mol. The fourth-order valence-corrected chi connectivity index (χ4v) is 2.97. The fourth-order valence-electron chi connectivity index (χ4n) is 2.97. The molecule has 0 spiro atoms. The Morgan fingerprint density at radius 1 is 1.00 bits per heavy atom. The summed E-state index contributed by atoms with van der Waals surface area (Å²) in [5.41, 5.74) is 4.15. The van der Waals surface area contributed by atoms with Gasteiger partial charge in [-0.2, -0.15) is 0 Å². The zero-order chi connectivity index (χ0) is 16.1. The molecule has 3 N–H and O–H groups in total. The van der Waals surface area contributed by atoms with Crippen molar-refractivity contribution in [2.75, 3.05) is 0 Å². The summed E-state index contributed by atoms with van der Waals surface area (Å²) >= 11 is 0. The minimum atomic E-state index is -0.526. The number of aromatic nitrogens is 4. The third-order valence-electron chi connectivity index (χ3n) is 4.12. The van der Waals surface area contributed by atoms with E-state index in [2.05, 4.69) is 19.9 Å². The van der Waals surface area contributed by atoms with Gasteiger partial charge in [-0.25, -0.2) is 9.78 Å². The van der Waals surface area contributed by atoms with Gasteiger partial charge < -0.3 is 9.97 Å². The molecule has 0 amide bonds. The van der Waals surface area contributed by atoms with E-state index in [9.17, 15) is 9.59 Å². The number of aryl methyl sites for hydroxylation is 2. The van der Waals surface area contributed by atoms with E-state index in [4.69, 9.17) is 0 Å². The zero-order valence-electron chi connectivity index (χ0n) is 12.7. The Bertz CT molecular complexity index is 1180. The van der Waals surface area contributed by atoms with Crippen molar-refractivity contribution in [1.29, 1.82) is 0 Å². The Labute approximate surface area is 130 Å². The zero-order valence-corrected chi connectivity index (χ0v) is 12.7. The van der Waals surface area contributed by atoms with Crippen molar-refractivity contribution in [2.45, 2.75) is 13.8 Å². The normalized spacial score (nSPS) is 11.4. The van der Waals surface area contributed by atoms with E-state index < -0.39 is 11.2 Å². The summed E-state index contributed by atoms with van der Waals surface area (Å²) in [4.78, 5) is 36.2. The van der Waals surface area contributed by atoms with Crippen LogP contribution >= 0.6 is 0 Å². The molecule has 0 radical (unpaired) electrons. The number of fused-ring (bicyclic) bond motifs is 2. The van der Waals surface area contributed by atoms with E-state index in [1.54, 1.807) is 0 Å². The lowest BCUT2D eigenvalue weighted by molar-refractivity contribution is 1.06. The molecule has 3 aromatic heterocycles. The molecule has 0 aliphatic carbocycles. The van der Waals surface area contributed by atoms with Crippen molar-refractivity contribution < 1.29 is 0 Å². The highest BCUT2D eigenvalue weighted by Gasteiger charge is 2.14. The van der Waals surface area contributed by atoms with Crippen molar-refractivity contribution in [1.82, 2.24) is 19.9 Å². The number of nitrogens with zero attached hydrogens (tertiary/aromatic N) is 1. The minimum absolute atomic E-state index is 0.234. The lowest BCUT2D eigenvalue weighted by Gasteiger charge is -2.05. The average molecular weight is 306 g/mol. The van der Waals surface area contributed by atoms with Gasteiger partial charge in [0.25, 0.3) is 5.56 Å². The Morgan fingerprint density at radius 2 is 1.78 bits per heavy atom. The fraction of sp³-hybridized carbons (Fsp3) is 0.118. The summed E-state index contributed by atoms with van der Waals surface area (Å²) in [5.74, 6) is 0. The Hall–Kier alpha value is -3.15. The highest BCUT2D eigenvalue weighted by molar-refractivity contribution is 5.91. The van der Waals surface area contributed by atoms with Gasteiger partial charge in [0, 0.05) is 10.9 Å². The third-order valence-corrected chi connectivity index (χ3v) is 4.12. The van der Waals surface area contributed by atoms with Crippen molar-refractivity contribution in [3.8, 4) is 11.4 Å². The molecule has 6 heteroatoms. The van der Waals surface area contributed by atoms with Gasteiger partial charge in [0.05, 0.1) is 16.9 Å². The van der Waals surface area contributed by atoms with Crippen LogP contribution in [0.1, 0.15) is 11.1 Å². The second-order valence-electron chi connectivity index (χ2n) is 5.63. The van der Waals surface area contributed by atoms with E-state index in [0.29, 0.717) is 11.2 Å². The Kier molecular flexibility index (Phi) is 2.74. The van der Waals surface area contributed by atoms with E-state index >= 15 is 0 Å². The third kappa shape index (κ3) is 1.99. The molecule has 0 bridgehead atoms. The number of pyridine rings is 1. The number of para-hydroxylation sites is 1. The summed E-state index contributed by atoms with van der Waals surface area (Å²) in [6.45, 7) is 3.87. The van der Waals surface area contributed by atoms with Crippen LogP contribution < -0.4 is 11.2 Å². The molecular formula is C17H14N4O2. The monoisotopic (exact) mass is 306 g/mol. The molecule has 1 aromatic carbocycles. The second kappa shape index (κ2) is 4.67. The molecule has 0 atom stereocenters. The molecule has 4 aromatic rings. The van der Waals surface area contributed by atoms with Gasteiger partial charge >= 0.3 is 5.69 Å². The van der Waals surface area contributed by atoms with E-state index in [1.807, 2.05) is 44.2 Å². The standard InChI is InChI=1S/C17H14N4O2/c1-8-7-12(19-15-13(8)20-17(23)21-16(15)22)14-9(2)10-5-3-4-6-11(10)18-14/h3-7,18H,1-2H3,(H2,20,21,22,23). The number of hydrogen-bond acceptors (Lipinski definition) is 3. The average Bonchev–Trinajstić information content (AvgIpc) is 2.86. The number of hydrogen-bond donors (Lipinski definition) is 3. The molecule has 114 valence electrons. The molecule has 0 aliphatic rings. The van der Waals surface area contributed by atoms with Crippen molar-refractivity contribution >= 4 is 21.9 Å². The number of H-pyrrole nitrogens is 3. The molecule has 0 saturated carbocycles. The number of aromatic amines is 3. The van der Waals surface area contributed by atoms with Crippen LogP contribution in [0.15, 0.2) is 39.9 Å². The van der Waals surface area contributed by atoms with Crippen molar-refractivity contribution in [3.63, 3.8) is 0 Å². The molecule has 0 saturated heterocycles. The van der Waals surface area contributed by atoms with Gasteiger partial charge in [0.1, 0.15) is 0 Å². The Morgan fingerprint density at radius 3 is 2.57 bits per heavy atom. The van der Waals surface area contributed by atoms with Crippen LogP contribution in [-0.2, 0) is 0 Å². The van der Waals surface area contributed by atoms with Crippen molar-refractivity contribution in [3.05, 3.63) is 62.3 Å². The number of benzene rings is 1. The number of nitrogens with one attached hydrogen (secondary N) is 3. The predicted molar refractivity (Wildman–Crippen MR) is 89.8 cm³/mol. The van der Waals surface area contributed by atoms with Gasteiger partial charge in [-0.3, -0.25) is 9.78 Å². The topological polar surface area (TPSA) is 94.4 Å². The van der Waals surface area contributed by atoms with Crippen LogP contribution in [0.4, 0.5) is 0 Å². The summed E-state index contributed by atoms with van der Waals surface area (Å²) in [6.07, 6.45) is 0. The molecule has 23 heavy (non-hydrogen) atoms. The lowest BCUT2D eigenvalue weighted by Crippen LogP contribution is -2.23. The van der Waals surface area contributed by atoms with Gasteiger partial charge in [0.15, 0.2) is 5.52 Å². The molecule has 0 aliphatic heterocycles. The molecule has 0 fully saturated rings. The summed E-state index contributed by atoms with van der Waals surface area (Å²) in [7, 11) is 0. The SMILES string of the molecule is Cc1c(-c2cc(C)c3[nH]c(=O)[nH]c(=O)c3n2)[nH]c2ccccc12. The first kappa shape index (κ1) is 13.5. The highest BCUT2D eigenvalue weighted by atomic mass is 16.2. The van der Waals surface area contributed by atoms with Crippen LogP contribution in [0.25, 0.3) is 33.3 Å². The first-order valence-corrected chi connectivity index (χ1v) is 7.26. The van der Waals surface area contributed by atoms with Crippen LogP contribution in [0.5, 0.6) is 0 Å². The van der Waals surface area contributed by atoms with E-state index in [-0.39, 0.29) is 5.52 Å². The van der Waals surface area contributed by atoms with Gasteiger partial charge in [0.2, 0.25) is 0 Å². The largest absolute Gasteiger partial charge is 0.353 e. The molecule has 4 rings (SSSR count). The summed E-state index contributed by atoms with van der Waals surface area (Å²) < 4.78 is 0. The Balaban J connectivity index is 2.07. The summed E-state index contributed by atoms with van der Waals surface area (Å²) in [6, 6.07) is 9.88. The quantitative estimate of drug-likeness (QED) is 0.504. The highest BCUT2D eigenvalue weighted by Crippen LogP contribution is 2.29. The van der Waals surface area contributed by atoms with Crippen LogP contribution in [0.2, 0.25) is 0 Å². The molecule has 3 heterocycles. The second-order valence-corrected chi connectivity index (χ2v) is 5.63. The lowest BCUT2D eigenvalue weighted by atomic mass is 10.1. The van der Waals surface area contributed by atoms with Gasteiger partial charge in [-0.05, 0) is 37.1 Å². The maximum atomic E-state index is 12.0. The van der Waals surface area contributed by atoms with Crippen LogP contribution in [0.3, 0.4) is 0 Å². The summed E-state index contributed by atoms with van der Waals surface area (Å²) in [5, 5.41) is 1.12. The number of rotatable bonds is 1. The minimum Gasteiger partial charge on any atom is -0.353 e. The van der Waals surface area contributed by atoms with Crippen LogP contribution in [0, 0.1) is 13.8 Å². The first-order chi connectivity index (χ1) is 11.0. The maximum absolute atomic E-state index is 12.0. The maximum Gasteiger partial charge on any atom is 0.326 e. The molecule has 6 nitrogen and oxygen atoms in total.